The number of aromatic hydroxyl groups is 1. The number of ether oxygens (including phenoxy) is 1. The molecule has 1 aromatic carbocycles. The van der Waals surface area contributed by atoms with Gasteiger partial charge in [0.1, 0.15) is 11.4 Å². The highest BCUT2D eigenvalue weighted by atomic mass is 35.5. The monoisotopic (exact) mass is 487 g/mol. The van der Waals surface area contributed by atoms with Crippen molar-refractivity contribution in [3.8, 4) is 11.6 Å². The highest BCUT2D eigenvalue weighted by Crippen LogP contribution is 2.12. The lowest BCUT2D eigenvalue weighted by molar-refractivity contribution is 0.0947. The van der Waals surface area contributed by atoms with E-state index in [1.165, 1.54) is 65.1 Å². The van der Waals surface area contributed by atoms with Crippen molar-refractivity contribution in [3.63, 3.8) is 0 Å². The third-order valence-corrected chi connectivity index (χ3v) is 4.89. The minimum atomic E-state index is -0.990. The van der Waals surface area contributed by atoms with Gasteiger partial charge in [0.2, 0.25) is 11.3 Å². The molecule has 0 saturated heterocycles. The van der Waals surface area contributed by atoms with Crippen LogP contribution in [0.1, 0.15) is 21.7 Å². The molecule has 12 heteroatoms. The highest BCUT2D eigenvalue weighted by molar-refractivity contribution is 5.94. The van der Waals surface area contributed by atoms with E-state index >= 15 is 0 Å². The third kappa shape index (κ3) is 4.89. The molecule has 4 aromatic rings. The molecule has 3 aromatic heterocycles. The summed E-state index contributed by atoms with van der Waals surface area (Å²) in [4.78, 5) is 46.1. The fourth-order valence-corrected chi connectivity index (χ4v) is 3.21. The van der Waals surface area contributed by atoms with Crippen molar-refractivity contribution in [3.05, 3.63) is 98.5 Å². The van der Waals surface area contributed by atoms with Crippen molar-refractivity contribution < 1.29 is 19.0 Å². The van der Waals surface area contributed by atoms with Gasteiger partial charge in [0, 0.05) is 30.9 Å². The number of fused-ring (bicyclic) bond motifs is 1. The summed E-state index contributed by atoms with van der Waals surface area (Å²) in [5.41, 5.74) is -1.62. The number of benzene rings is 1. The second kappa shape index (κ2) is 10.1. The Hall–Kier alpha value is -4.25. The molecule has 0 atom stereocenters. The molecule has 1 amide bonds. The van der Waals surface area contributed by atoms with Crippen LogP contribution in [0, 0.1) is 5.82 Å². The Bertz CT molecular complexity index is 1470. The molecule has 176 valence electrons. The Morgan fingerprint density at radius 2 is 1.91 bits per heavy atom. The smallest absolute Gasteiger partial charge is 0.279 e. The number of halogens is 2. The largest absolute Gasteiger partial charge is 0.503 e. The van der Waals surface area contributed by atoms with Gasteiger partial charge in [-0.05, 0) is 17.7 Å². The Morgan fingerprint density at radius 3 is 2.62 bits per heavy atom. The SMILES string of the molecule is COc1ccnc(CNC(=O)c2cn3ccn(Cc4ccc(F)cc4)c(=O)c3c(O)c2=O)n1.Cl. The quantitative estimate of drug-likeness (QED) is 0.422. The Balaban J connectivity index is 0.00000324. The summed E-state index contributed by atoms with van der Waals surface area (Å²) < 4.78 is 20.6. The van der Waals surface area contributed by atoms with E-state index in [0.717, 1.165) is 0 Å². The Morgan fingerprint density at radius 1 is 1.18 bits per heavy atom. The fourth-order valence-electron chi connectivity index (χ4n) is 3.21. The van der Waals surface area contributed by atoms with Crippen LogP contribution in [0.15, 0.2) is 64.7 Å². The maximum atomic E-state index is 13.1. The van der Waals surface area contributed by atoms with Crippen molar-refractivity contribution in [2.45, 2.75) is 13.1 Å². The van der Waals surface area contributed by atoms with Gasteiger partial charge >= 0.3 is 0 Å². The minimum Gasteiger partial charge on any atom is -0.503 e. The minimum absolute atomic E-state index is 0. The van der Waals surface area contributed by atoms with E-state index in [4.69, 9.17) is 4.74 Å². The number of amides is 1. The summed E-state index contributed by atoms with van der Waals surface area (Å²) in [7, 11) is 1.44. The summed E-state index contributed by atoms with van der Waals surface area (Å²) in [5.74, 6) is -1.45. The van der Waals surface area contributed by atoms with Gasteiger partial charge in [-0.1, -0.05) is 12.1 Å². The zero-order chi connectivity index (χ0) is 23.5. The van der Waals surface area contributed by atoms with Gasteiger partial charge < -0.3 is 24.1 Å². The summed E-state index contributed by atoms with van der Waals surface area (Å²) in [5, 5.41) is 12.9. The zero-order valence-corrected chi connectivity index (χ0v) is 18.6. The molecule has 0 aliphatic carbocycles. The third-order valence-electron chi connectivity index (χ3n) is 4.89. The van der Waals surface area contributed by atoms with Gasteiger partial charge in [-0.15, -0.1) is 12.4 Å². The number of rotatable bonds is 6. The number of hydrogen-bond acceptors (Lipinski definition) is 7. The van der Waals surface area contributed by atoms with E-state index < -0.39 is 28.5 Å². The first-order valence-corrected chi connectivity index (χ1v) is 9.73. The molecular weight excluding hydrogens is 469 g/mol. The van der Waals surface area contributed by atoms with Gasteiger partial charge in [0.05, 0.1) is 20.2 Å². The summed E-state index contributed by atoms with van der Waals surface area (Å²) in [6, 6.07) is 7.13. The lowest BCUT2D eigenvalue weighted by atomic mass is 10.2. The molecule has 0 radical (unpaired) electrons. The van der Waals surface area contributed by atoms with Crippen LogP contribution < -0.4 is 21.0 Å². The average Bonchev–Trinajstić information content (AvgIpc) is 2.82. The second-order valence-corrected chi connectivity index (χ2v) is 7.03. The van der Waals surface area contributed by atoms with E-state index in [1.807, 2.05) is 0 Å². The molecule has 0 aliphatic rings. The molecule has 0 bridgehead atoms. The number of carbonyl (C=O) groups excluding carboxylic acids is 1. The van der Waals surface area contributed by atoms with Crippen molar-refractivity contribution in [2.75, 3.05) is 7.11 Å². The first-order chi connectivity index (χ1) is 15.9. The molecule has 3 heterocycles. The molecular formula is C22H19ClFN5O5. The molecule has 4 rings (SSSR count). The molecule has 0 saturated carbocycles. The molecule has 0 aliphatic heterocycles. The number of hydrogen-bond donors (Lipinski definition) is 2. The van der Waals surface area contributed by atoms with Gasteiger partial charge in [0.15, 0.2) is 17.1 Å². The molecule has 0 unspecified atom stereocenters. The lowest BCUT2D eigenvalue weighted by Gasteiger charge is -2.11. The standard InChI is InChI=1S/C22H18FN5O5.ClH/c1-33-17-6-7-24-16(26-17)10-25-21(31)15-12-27-8-9-28(11-13-2-4-14(23)5-3-13)22(32)18(27)20(30)19(15)29;/h2-9,12,30H,10-11H2,1H3,(H,25,31);1H. The zero-order valence-electron chi connectivity index (χ0n) is 17.8. The normalized spacial score (nSPS) is 10.5. The van der Waals surface area contributed by atoms with Crippen LogP contribution in [0.25, 0.3) is 5.52 Å². The van der Waals surface area contributed by atoms with Crippen molar-refractivity contribution >= 4 is 23.8 Å². The van der Waals surface area contributed by atoms with Gasteiger partial charge in [0.25, 0.3) is 11.5 Å². The fraction of sp³-hybridized carbons (Fsp3) is 0.136. The van der Waals surface area contributed by atoms with Gasteiger partial charge in [-0.25, -0.2) is 9.37 Å². The first-order valence-electron chi connectivity index (χ1n) is 9.73. The summed E-state index contributed by atoms with van der Waals surface area (Å²) in [6.07, 6.45) is 5.50. The highest BCUT2D eigenvalue weighted by Gasteiger charge is 2.19. The van der Waals surface area contributed by atoms with Crippen LogP contribution in [0.4, 0.5) is 4.39 Å². The van der Waals surface area contributed by atoms with E-state index in [0.29, 0.717) is 11.4 Å². The number of aromatic nitrogens is 4. The van der Waals surface area contributed by atoms with Gasteiger partial charge in [-0.2, -0.15) is 4.98 Å². The van der Waals surface area contributed by atoms with E-state index in [-0.39, 0.29) is 42.4 Å². The van der Waals surface area contributed by atoms with Crippen molar-refractivity contribution in [2.24, 2.45) is 0 Å². The number of pyridine rings is 1. The average molecular weight is 488 g/mol. The molecule has 0 fully saturated rings. The van der Waals surface area contributed by atoms with Crippen molar-refractivity contribution in [1.82, 2.24) is 24.3 Å². The lowest BCUT2D eigenvalue weighted by Crippen LogP contribution is -2.31. The number of nitrogens with zero attached hydrogens (tertiary/aromatic N) is 4. The predicted molar refractivity (Wildman–Crippen MR) is 122 cm³/mol. The van der Waals surface area contributed by atoms with Crippen LogP contribution in [0.3, 0.4) is 0 Å². The van der Waals surface area contributed by atoms with Crippen LogP contribution >= 0.6 is 12.4 Å². The van der Waals surface area contributed by atoms with Crippen molar-refractivity contribution in [1.29, 1.82) is 0 Å². The van der Waals surface area contributed by atoms with E-state index in [9.17, 15) is 23.9 Å². The number of nitrogens with one attached hydrogen (secondary N) is 1. The molecule has 2 N–H and O–H groups in total. The van der Waals surface area contributed by atoms with Crippen LogP contribution in [0.2, 0.25) is 0 Å². The Labute approximate surface area is 197 Å². The van der Waals surface area contributed by atoms with E-state index in [1.54, 1.807) is 6.07 Å². The maximum Gasteiger partial charge on any atom is 0.279 e. The second-order valence-electron chi connectivity index (χ2n) is 7.03. The summed E-state index contributed by atoms with van der Waals surface area (Å²) in [6.45, 7) is 0.0181. The van der Waals surface area contributed by atoms with Crippen LogP contribution in [0.5, 0.6) is 11.6 Å². The number of methoxy groups -OCH3 is 1. The maximum absolute atomic E-state index is 13.1. The molecule has 0 spiro atoms. The van der Waals surface area contributed by atoms with Gasteiger partial charge in [-0.3, -0.25) is 14.4 Å². The number of carbonyl (C=O) groups is 1. The predicted octanol–water partition coefficient (Wildman–Crippen LogP) is 1.50. The van der Waals surface area contributed by atoms with E-state index in [2.05, 4.69) is 15.3 Å². The first kappa shape index (κ1) is 24.4. The molecule has 10 nitrogen and oxygen atoms in total. The van der Waals surface area contributed by atoms with Crippen LogP contribution in [-0.4, -0.2) is 37.1 Å². The Kier molecular flexibility index (Phi) is 7.27. The topological polar surface area (TPSA) is 128 Å². The molecule has 34 heavy (non-hydrogen) atoms. The summed E-state index contributed by atoms with van der Waals surface area (Å²) >= 11 is 0. The van der Waals surface area contributed by atoms with Crippen LogP contribution in [-0.2, 0) is 13.1 Å².